The van der Waals surface area contributed by atoms with Gasteiger partial charge in [0.25, 0.3) is 5.91 Å². The summed E-state index contributed by atoms with van der Waals surface area (Å²) in [6.07, 6.45) is -1.13. The third-order valence-electron chi connectivity index (χ3n) is 3.30. The molecule has 0 aliphatic carbocycles. The molecule has 4 nitrogen and oxygen atoms in total. The largest absolute Gasteiger partial charge is 0.378 e. The molecular formula is C14H13ClN2O2S. The van der Waals surface area contributed by atoms with Gasteiger partial charge in [0.15, 0.2) is 6.10 Å². The summed E-state index contributed by atoms with van der Waals surface area (Å²) in [6.45, 7) is 0.743. The molecule has 1 amide bonds. The van der Waals surface area contributed by atoms with Crippen molar-refractivity contribution in [2.75, 3.05) is 17.3 Å². The molecular weight excluding hydrogens is 296 g/mol. The number of fused-ring (bicyclic) bond motifs is 1. The Bertz CT molecular complexity index is 657. The first-order valence-electron chi connectivity index (χ1n) is 6.12. The van der Waals surface area contributed by atoms with E-state index in [4.69, 9.17) is 11.6 Å². The highest BCUT2D eigenvalue weighted by Gasteiger charge is 2.30. The van der Waals surface area contributed by atoms with E-state index in [9.17, 15) is 9.90 Å². The van der Waals surface area contributed by atoms with Crippen LogP contribution in [0.15, 0.2) is 29.6 Å². The van der Waals surface area contributed by atoms with Gasteiger partial charge in [-0.1, -0.05) is 17.7 Å². The maximum atomic E-state index is 11.5. The highest BCUT2D eigenvalue weighted by molar-refractivity contribution is 7.09. The minimum absolute atomic E-state index is 0.408. The minimum atomic E-state index is -1.13. The Hall–Kier alpha value is -1.56. The van der Waals surface area contributed by atoms with Gasteiger partial charge in [-0.05, 0) is 23.6 Å². The second-order valence-electron chi connectivity index (χ2n) is 4.72. The molecule has 2 aromatic rings. The minimum Gasteiger partial charge on any atom is -0.378 e. The molecule has 0 fully saturated rings. The normalized spacial score (nSPS) is 16.9. The Kier molecular flexibility index (Phi) is 3.41. The Labute approximate surface area is 125 Å². The average molecular weight is 309 g/mol. The predicted molar refractivity (Wildman–Crippen MR) is 81.5 cm³/mol. The van der Waals surface area contributed by atoms with Crippen molar-refractivity contribution >= 4 is 40.2 Å². The molecule has 1 aliphatic rings. The molecule has 2 heterocycles. The molecule has 20 heavy (non-hydrogen) atoms. The van der Waals surface area contributed by atoms with Crippen molar-refractivity contribution in [1.82, 2.24) is 0 Å². The van der Waals surface area contributed by atoms with Gasteiger partial charge >= 0.3 is 0 Å². The number of benzene rings is 1. The fourth-order valence-corrected chi connectivity index (χ4v) is 3.34. The van der Waals surface area contributed by atoms with Crippen LogP contribution in [0, 0.1) is 0 Å². The number of carbonyl (C=O) groups is 1. The number of halogens is 1. The van der Waals surface area contributed by atoms with E-state index < -0.39 is 12.0 Å². The highest BCUT2D eigenvalue weighted by atomic mass is 35.5. The highest BCUT2D eigenvalue weighted by Crippen LogP contribution is 2.38. The first-order valence-corrected chi connectivity index (χ1v) is 7.38. The zero-order valence-electron chi connectivity index (χ0n) is 10.8. The van der Waals surface area contributed by atoms with Crippen LogP contribution < -0.4 is 10.2 Å². The third kappa shape index (κ3) is 2.28. The first-order chi connectivity index (χ1) is 9.56. The van der Waals surface area contributed by atoms with Gasteiger partial charge in [-0.3, -0.25) is 4.79 Å². The molecule has 3 rings (SSSR count). The summed E-state index contributed by atoms with van der Waals surface area (Å²) in [6, 6.07) is 7.53. The van der Waals surface area contributed by atoms with E-state index >= 15 is 0 Å². The van der Waals surface area contributed by atoms with Crippen molar-refractivity contribution in [1.29, 1.82) is 0 Å². The van der Waals surface area contributed by atoms with Crippen LogP contribution in [0.1, 0.15) is 16.5 Å². The van der Waals surface area contributed by atoms with Crippen molar-refractivity contribution in [3.63, 3.8) is 0 Å². The summed E-state index contributed by atoms with van der Waals surface area (Å²) >= 11 is 7.95. The van der Waals surface area contributed by atoms with Gasteiger partial charge in [-0.2, -0.15) is 0 Å². The number of amides is 1. The van der Waals surface area contributed by atoms with Gasteiger partial charge in [-0.15, -0.1) is 11.3 Å². The molecule has 0 spiro atoms. The van der Waals surface area contributed by atoms with E-state index in [2.05, 4.69) is 11.4 Å². The summed E-state index contributed by atoms with van der Waals surface area (Å²) in [5.74, 6) is -0.408. The predicted octanol–water partition coefficient (Wildman–Crippen LogP) is 3.02. The van der Waals surface area contributed by atoms with Crippen LogP contribution >= 0.6 is 22.9 Å². The summed E-state index contributed by atoms with van der Waals surface area (Å²) in [5, 5.41) is 14.9. The molecule has 1 unspecified atom stereocenters. The van der Waals surface area contributed by atoms with Crippen molar-refractivity contribution in [3.8, 4) is 0 Å². The molecule has 0 radical (unpaired) electrons. The van der Waals surface area contributed by atoms with Crippen LogP contribution in [0.3, 0.4) is 0 Å². The number of hydrogen-bond donors (Lipinski definition) is 2. The smallest absolute Gasteiger partial charge is 0.257 e. The fraction of sp³-hybridized carbons (Fsp3) is 0.214. The zero-order valence-corrected chi connectivity index (χ0v) is 12.3. The molecule has 6 heteroatoms. The summed E-state index contributed by atoms with van der Waals surface area (Å²) in [5.41, 5.74) is 1.99. The fourth-order valence-electron chi connectivity index (χ4n) is 2.27. The van der Waals surface area contributed by atoms with E-state index in [0.29, 0.717) is 16.3 Å². The lowest BCUT2D eigenvalue weighted by Crippen LogP contribution is -2.16. The van der Waals surface area contributed by atoms with Gasteiger partial charge in [-0.25, -0.2) is 0 Å². The van der Waals surface area contributed by atoms with Crippen molar-refractivity contribution < 1.29 is 9.90 Å². The van der Waals surface area contributed by atoms with E-state index in [1.165, 1.54) is 4.88 Å². The Morgan fingerprint density at radius 3 is 3.00 bits per heavy atom. The van der Waals surface area contributed by atoms with Crippen LogP contribution in [0.2, 0.25) is 5.02 Å². The molecule has 1 aromatic carbocycles. The third-order valence-corrected chi connectivity index (χ3v) is 4.47. The van der Waals surface area contributed by atoms with Crippen LogP contribution in [0.25, 0.3) is 0 Å². The molecule has 1 atom stereocenters. The molecule has 0 bridgehead atoms. The topological polar surface area (TPSA) is 52.6 Å². The van der Waals surface area contributed by atoms with Gasteiger partial charge in [0.1, 0.15) is 0 Å². The van der Waals surface area contributed by atoms with E-state index in [0.717, 1.165) is 12.2 Å². The van der Waals surface area contributed by atoms with Gasteiger partial charge < -0.3 is 15.3 Å². The number of aliphatic hydroxyl groups excluding tert-OH is 1. The molecule has 0 saturated carbocycles. The Morgan fingerprint density at radius 2 is 2.30 bits per heavy atom. The first kappa shape index (κ1) is 13.4. The van der Waals surface area contributed by atoms with Gasteiger partial charge in [0.05, 0.1) is 17.3 Å². The van der Waals surface area contributed by atoms with Gasteiger partial charge in [0, 0.05) is 23.2 Å². The average Bonchev–Trinajstić information content (AvgIpc) is 3.00. The summed E-state index contributed by atoms with van der Waals surface area (Å²) in [7, 11) is 1.94. The van der Waals surface area contributed by atoms with Crippen molar-refractivity contribution in [2.45, 2.75) is 12.6 Å². The number of anilines is 2. The standard InChI is InChI=1S/C14H13ClN2O2S/c1-17(7-8-3-2-4-20-8)12-6-11-9(5-10(12)15)13(18)14(19)16-11/h2-6,13,18H,7H2,1H3,(H,16,19). The lowest BCUT2D eigenvalue weighted by molar-refractivity contribution is -0.123. The SMILES string of the molecule is CN(Cc1cccs1)c1cc2c(cc1Cl)C(O)C(=O)N2. The number of carbonyl (C=O) groups excluding carboxylic acids is 1. The molecule has 1 aliphatic heterocycles. The van der Waals surface area contributed by atoms with E-state index in [1.807, 2.05) is 23.4 Å². The van der Waals surface area contributed by atoms with E-state index in [-0.39, 0.29) is 0 Å². The number of rotatable bonds is 3. The van der Waals surface area contributed by atoms with Crippen molar-refractivity contribution in [3.05, 3.63) is 45.1 Å². The second-order valence-corrected chi connectivity index (χ2v) is 6.16. The lowest BCUT2D eigenvalue weighted by Gasteiger charge is -2.21. The number of nitrogens with zero attached hydrogens (tertiary/aromatic N) is 1. The molecule has 104 valence electrons. The molecule has 2 N–H and O–H groups in total. The molecule has 1 aromatic heterocycles. The van der Waals surface area contributed by atoms with Crippen LogP contribution in [-0.4, -0.2) is 18.1 Å². The van der Waals surface area contributed by atoms with E-state index in [1.54, 1.807) is 23.5 Å². The Morgan fingerprint density at radius 1 is 1.50 bits per heavy atom. The molecule has 0 saturated heterocycles. The van der Waals surface area contributed by atoms with Crippen molar-refractivity contribution in [2.24, 2.45) is 0 Å². The van der Waals surface area contributed by atoms with Gasteiger partial charge in [0.2, 0.25) is 0 Å². The second kappa shape index (κ2) is 5.09. The number of aliphatic hydroxyl groups is 1. The van der Waals surface area contributed by atoms with Crippen LogP contribution in [0.4, 0.5) is 11.4 Å². The Balaban J connectivity index is 1.91. The summed E-state index contributed by atoms with van der Waals surface area (Å²) < 4.78 is 0. The zero-order chi connectivity index (χ0) is 14.3. The monoisotopic (exact) mass is 308 g/mol. The number of nitrogens with one attached hydrogen (secondary N) is 1. The lowest BCUT2D eigenvalue weighted by atomic mass is 10.1. The summed E-state index contributed by atoms with van der Waals surface area (Å²) in [4.78, 5) is 14.7. The maximum absolute atomic E-state index is 11.5. The maximum Gasteiger partial charge on any atom is 0.257 e. The number of hydrogen-bond acceptors (Lipinski definition) is 4. The quantitative estimate of drug-likeness (QED) is 0.916. The van der Waals surface area contributed by atoms with Crippen LogP contribution in [-0.2, 0) is 11.3 Å². The number of thiophene rings is 1. The van der Waals surface area contributed by atoms with Crippen LogP contribution in [0.5, 0.6) is 0 Å².